The fourth-order valence-electron chi connectivity index (χ4n) is 11.1. The molecule has 0 spiro atoms. The average Bonchev–Trinajstić information content (AvgIpc) is 2.89. The predicted molar refractivity (Wildman–Crippen MR) is 157 cm³/mol. The summed E-state index contributed by atoms with van der Waals surface area (Å²) in [5.41, 5.74) is 1.17. The Hall–Kier alpha value is -1.62. The Kier molecular flexibility index (Phi) is 7.05. The maximum Gasteiger partial charge on any atom is 0.333 e. The highest BCUT2D eigenvalue weighted by molar-refractivity contribution is 5.87. The van der Waals surface area contributed by atoms with E-state index in [1.165, 1.54) is 5.57 Å². The average molecular weight is 555 g/mol. The number of carbonyl (C=O) groups excluding carboxylic acids is 1. The van der Waals surface area contributed by atoms with Gasteiger partial charge in [0.2, 0.25) is 0 Å². The third-order valence-corrected chi connectivity index (χ3v) is 14.1. The van der Waals surface area contributed by atoms with Crippen LogP contribution in [0, 0.1) is 50.2 Å². The molecule has 5 aliphatic carbocycles. The number of esters is 1. The second-order valence-corrected chi connectivity index (χ2v) is 16.3. The molecule has 2 N–H and O–H groups in total. The van der Waals surface area contributed by atoms with Gasteiger partial charge >= 0.3 is 11.9 Å². The Morgan fingerprint density at radius 2 is 1.65 bits per heavy atom. The molecule has 5 nitrogen and oxygen atoms in total. The largest absolute Gasteiger partial charge is 0.481 e. The van der Waals surface area contributed by atoms with Crippen LogP contribution in [0.5, 0.6) is 0 Å². The van der Waals surface area contributed by atoms with Gasteiger partial charge in [-0.25, -0.2) is 4.79 Å². The number of hydrogen-bond acceptors (Lipinski definition) is 4. The third kappa shape index (κ3) is 3.95. The first-order valence-corrected chi connectivity index (χ1v) is 15.9. The van der Waals surface area contributed by atoms with Gasteiger partial charge in [0.1, 0.15) is 0 Å². The van der Waals surface area contributed by atoms with Gasteiger partial charge in [-0.1, -0.05) is 59.3 Å². The van der Waals surface area contributed by atoms with Gasteiger partial charge in [-0.05, 0) is 117 Å². The number of carboxylic acid groups (broad SMARTS) is 1. The maximum atomic E-state index is 12.9. The van der Waals surface area contributed by atoms with Crippen LogP contribution in [0.2, 0.25) is 0 Å². The van der Waals surface area contributed by atoms with E-state index < -0.39 is 22.9 Å². The van der Waals surface area contributed by atoms with Crippen molar-refractivity contribution < 1.29 is 24.5 Å². The van der Waals surface area contributed by atoms with Crippen LogP contribution in [0.15, 0.2) is 23.3 Å². The van der Waals surface area contributed by atoms with Crippen LogP contribution in [0.4, 0.5) is 0 Å². The van der Waals surface area contributed by atoms with Gasteiger partial charge in [-0.15, -0.1) is 0 Å². The van der Waals surface area contributed by atoms with Crippen LogP contribution < -0.4 is 0 Å². The molecular weight excluding hydrogens is 500 g/mol. The molecule has 0 radical (unpaired) electrons. The smallest absolute Gasteiger partial charge is 0.333 e. The molecule has 3 unspecified atom stereocenters. The van der Waals surface area contributed by atoms with Crippen LogP contribution in [0.1, 0.15) is 120 Å². The van der Waals surface area contributed by atoms with Crippen molar-refractivity contribution >= 4 is 11.9 Å². The summed E-state index contributed by atoms with van der Waals surface area (Å²) in [5.74, 6) is -0.0566. The van der Waals surface area contributed by atoms with Crippen LogP contribution in [0.3, 0.4) is 0 Å². The summed E-state index contributed by atoms with van der Waals surface area (Å²) in [6.45, 7) is 18.1. The van der Waals surface area contributed by atoms with Crippen molar-refractivity contribution in [2.45, 2.75) is 126 Å². The number of ether oxygens (including phenoxy) is 1. The van der Waals surface area contributed by atoms with Crippen LogP contribution in [-0.2, 0) is 14.3 Å². The Labute approximate surface area is 242 Å². The molecule has 4 fully saturated rings. The Bertz CT molecular complexity index is 1130. The minimum absolute atomic E-state index is 0.0151. The molecular formula is C35H54O5. The molecule has 0 bridgehead atoms. The molecule has 0 aromatic heterocycles. The van der Waals surface area contributed by atoms with Gasteiger partial charge in [0.25, 0.3) is 0 Å². The van der Waals surface area contributed by atoms with Crippen molar-refractivity contribution in [2.75, 3.05) is 6.61 Å². The van der Waals surface area contributed by atoms with Crippen molar-refractivity contribution in [3.63, 3.8) is 0 Å². The number of carbonyl (C=O) groups is 2. The normalized spacial score (nSPS) is 48.0. The molecule has 5 heteroatoms. The molecule has 0 aliphatic heterocycles. The lowest BCUT2D eigenvalue weighted by Crippen LogP contribution is -2.66. The lowest BCUT2D eigenvalue weighted by molar-refractivity contribution is -0.219. The zero-order chi connectivity index (χ0) is 29.5. The second kappa shape index (κ2) is 9.44. The lowest BCUT2D eigenvalue weighted by Gasteiger charge is -2.71. The summed E-state index contributed by atoms with van der Waals surface area (Å²) in [6.07, 6.45) is 13.0. The van der Waals surface area contributed by atoms with E-state index in [1.807, 2.05) is 6.92 Å². The molecule has 0 aromatic carbocycles. The van der Waals surface area contributed by atoms with E-state index in [4.69, 9.17) is 4.74 Å². The summed E-state index contributed by atoms with van der Waals surface area (Å²) >= 11 is 0. The number of aliphatic hydroxyl groups is 1. The van der Waals surface area contributed by atoms with E-state index in [9.17, 15) is 19.8 Å². The van der Waals surface area contributed by atoms with Crippen molar-refractivity contribution in [2.24, 2.45) is 50.2 Å². The zero-order valence-electron chi connectivity index (χ0n) is 26.4. The Morgan fingerprint density at radius 3 is 2.30 bits per heavy atom. The first-order valence-electron chi connectivity index (χ1n) is 15.9. The Balaban J connectivity index is 1.52. The van der Waals surface area contributed by atoms with Crippen LogP contribution >= 0.6 is 0 Å². The first-order chi connectivity index (χ1) is 18.5. The quantitative estimate of drug-likeness (QED) is 0.211. The molecule has 5 aliphatic rings. The molecule has 40 heavy (non-hydrogen) atoms. The number of carboxylic acids is 1. The maximum absolute atomic E-state index is 12.9. The van der Waals surface area contributed by atoms with Gasteiger partial charge in [-0.3, -0.25) is 4.79 Å². The fraction of sp³-hybridized carbons (Fsp3) is 0.829. The van der Waals surface area contributed by atoms with Crippen LogP contribution in [-0.4, -0.2) is 34.9 Å². The highest BCUT2D eigenvalue weighted by Crippen LogP contribution is 2.75. The molecule has 0 saturated heterocycles. The molecule has 0 aromatic rings. The van der Waals surface area contributed by atoms with E-state index in [1.54, 1.807) is 13.0 Å². The number of fused-ring (bicyclic) bond motifs is 7. The van der Waals surface area contributed by atoms with Gasteiger partial charge in [-0.2, -0.15) is 0 Å². The number of aliphatic hydroxyl groups excluding tert-OH is 1. The van der Waals surface area contributed by atoms with Crippen molar-refractivity contribution in [3.05, 3.63) is 23.3 Å². The van der Waals surface area contributed by atoms with E-state index >= 15 is 0 Å². The Morgan fingerprint density at radius 1 is 0.975 bits per heavy atom. The van der Waals surface area contributed by atoms with Crippen molar-refractivity contribution in [1.29, 1.82) is 0 Å². The predicted octanol–water partition coefficient (Wildman–Crippen LogP) is 7.72. The number of hydrogen-bond donors (Lipinski definition) is 2. The molecule has 9 atom stereocenters. The van der Waals surface area contributed by atoms with Gasteiger partial charge in [0.05, 0.1) is 18.1 Å². The number of allylic oxidation sites excluding steroid dienone is 3. The van der Waals surface area contributed by atoms with Crippen molar-refractivity contribution in [1.82, 2.24) is 0 Å². The van der Waals surface area contributed by atoms with Crippen LogP contribution in [0.25, 0.3) is 0 Å². The van der Waals surface area contributed by atoms with Gasteiger partial charge < -0.3 is 14.9 Å². The van der Waals surface area contributed by atoms with Gasteiger partial charge in [0.15, 0.2) is 0 Å². The molecule has 4 saturated carbocycles. The molecule has 0 amide bonds. The summed E-state index contributed by atoms with van der Waals surface area (Å²) < 4.78 is 5.85. The molecule has 0 heterocycles. The highest BCUT2D eigenvalue weighted by Gasteiger charge is 2.69. The SMILES string of the molecule is CC=C(C)C(=O)OCC1(C)C(O)CC[C@@]2(C)C1CC[C@]1(C)[C@@H]2CC=C2[C@H]3CC(C)(C)CC[C@]3(C(=O)O)CC[C@]21C. The number of rotatable bonds is 4. The molecule has 224 valence electrons. The summed E-state index contributed by atoms with van der Waals surface area (Å²) in [5, 5.41) is 22.0. The standard InChI is InChI=1S/C35H54O5/c1-9-22(2)28(37)40-21-32(6)25-12-15-34(8)26(31(25,5)14-13-27(32)36)11-10-23-24-20-30(3,4)16-18-35(24,29(38)39)19-17-33(23,34)7/h9-10,24-27,36H,11-21H2,1-8H3,(H,38,39)/t24-,25?,26-,27?,31+,32?,33-,34-,35+/m1/s1. The monoisotopic (exact) mass is 554 g/mol. The fourth-order valence-corrected chi connectivity index (χ4v) is 11.1. The summed E-state index contributed by atoms with van der Waals surface area (Å²) in [7, 11) is 0. The van der Waals surface area contributed by atoms with E-state index in [0.29, 0.717) is 11.5 Å². The zero-order valence-corrected chi connectivity index (χ0v) is 26.4. The molecule has 5 rings (SSSR count). The third-order valence-electron chi connectivity index (χ3n) is 14.1. The van der Waals surface area contributed by atoms with E-state index in [0.717, 1.165) is 64.2 Å². The summed E-state index contributed by atoms with van der Waals surface area (Å²) in [6, 6.07) is 0. The highest BCUT2D eigenvalue weighted by atomic mass is 16.5. The van der Waals surface area contributed by atoms with Crippen molar-refractivity contribution in [3.8, 4) is 0 Å². The lowest BCUT2D eigenvalue weighted by atomic mass is 9.33. The van der Waals surface area contributed by atoms with Gasteiger partial charge in [0, 0.05) is 11.0 Å². The minimum atomic E-state index is -0.617. The first kappa shape index (κ1) is 29.9. The minimum Gasteiger partial charge on any atom is -0.481 e. The number of aliphatic carboxylic acids is 1. The summed E-state index contributed by atoms with van der Waals surface area (Å²) in [4.78, 5) is 25.5. The van der Waals surface area contributed by atoms with E-state index in [2.05, 4.69) is 47.6 Å². The van der Waals surface area contributed by atoms with E-state index in [-0.39, 0.29) is 46.1 Å². The second-order valence-electron chi connectivity index (χ2n) is 16.3. The topological polar surface area (TPSA) is 83.8 Å².